The molecule has 0 aliphatic carbocycles. The van der Waals surface area contributed by atoms with E-state index in [0.717, 1.165) is 0 Å². The van der Waals surface area contributed by atoms with E-state index < -0.39 is 11.0 Å². The summed E-state index contributed by atoms with van der Waals surface area (Å²) in [5.41, 5.74) is -1.35. The van der Waals surface area contributed by atoms with Gasteiger partial charge >= 0.3 is 0 Å². The van der Waals surface area contributed by atoms with Gasteiger partial charge < -0.3 is 15.3 Å². The molecule has 0 bridgehead atoms. The summed E-state index contributed by atoms with van der Waals surface area (Å²) < 4.78 is 13.5. The number of aliphatic hydroxyl groups is 1. The highest BCUT2D eigenvalue weighted by Gasteiger charge is 2.38. The summed E-state index contributed by atoms with van der Waals surface area (Å²) in [5.74, 6) is 0.0710. The zero-order valence-corrected chi connectivity index (χ0v) is 14.9. The molecule has 2 heterocycles. The van der Waals surface area contributed by atoms with E-state index in [1.807, 2.05) is 4.90 Å². The Bertz CT molecular complexity index is 784. The zero-order chi connectivity index (χ0) is 18.8. The van der Waals surface area contributed by atoms with Gasteiger partial charge in [0.1, 0.15) is 17.2 Å². The maximum atomic E-state index is 13.5. The van der Waals surface area contributed by atoms with Crippen molar-refractivity contribution in [2.24, 2.45) is 0 Å². The van der Waals surface area contributed by atoms with Crippen LogP contribution in [0, 0.1) is 5.82 Å². The number of halogens is 1. The molecule has 7 heteroatoms. The van der Waals surface area contributed by atoms with Gasteiger partial charge in [-0.25, -0.2) is 9.37 Å². The number of rotatable bonds is 5. The van der Waals surface area contributed by atoms with Crippen LogP contribution in [0.1, 0.15) is 25.8 Å². The predicted molar refractivity (Wildman–Crippen MR) is 96.2 cm³/mol. The molecular formula is C19H23FN4O2. The monoisotopic (exact) mass is 358 g/mol. The number of anilines is 1. The van der Waals surface area contributed by atoms with Crippen molar-refractivity contribution < 1.29 is 14.3 Å². The second-order valence-electron chi connectivity index (χ2n) is 7.28. The van der Waals surface area contributed by atoms with Crippen LogP contribution < -0.4 is 10.2 Å². The Kier molecular flexibility index (Phi) is 4.91. The smallest absolute Gasteiger partial charge is 0.230 e. The van der Waals surface area contributed by atoms with Crippen molar-refractivity contribution in [2.45, 2.75) is 31.3 Å². The summed E-state index contributed by atoms with van der Waals surface area (Å²) in [6.07, 6.45) is 5.37. The van der Waals surface area contributed by atoms with Gasteiger partial charge in [-0.2, -0.15) is 0 Å². The lowest BCUT2D eigenvalue weighted by molar-refractivity contribution is -0.126. The van der Waals surface area contributed by atoms with Crippen LogP contribution in [-0.4, -0.2) is 46.2 Å². The molecule has 1 amide bonds. The van der Waals surface area contributed by atoms with Gasteiger partial charge in [-0.15, -0.1) is 0 Å². The number of β-amino-alcohol motifs (C(OH)–C–C–N with tert-alkyl or cyclic N) is 1. The van der Waals surface area contributed by atoms with Crippen molar-refractivity contribution in [3.8, 4) is 0 Å². The topological polar surface area (TPSA) is 78.4 Å². The van der Waals surface area contributed by atoms with Crippen LogP contribution >= 0.6 is 0 Å². The molecule has 3 rings (SSSR count). The number of aromatic nitrogens is 2. The minimum atomic E-state index is -1.04. The van der Waals surface area contributed by atoms with E-state index in [-0.39, 0.29) is 18.3 Å². The molecule has 1 aromatic carbocycles. The van der Waals surface area contributed by atoms with Crippen molar-refractivity contribution in [3.05, 3.63) is 54.2 Å². The fourth-order valence-corrected chi connectivity index (χ4v) is 3.12. The molecule has 138 valence electrons. The number of carbonyl (C=O) groups excluding carboxylic acids is 1. The van der Waals surface area contributed by atoms with Gasteiger partial charge in [-0.3, -0.25) is 9.78 Å². The summed E-state index contributed by atoms with van der Waals surface area (Å²) in [6, 6.07) is 6.02. The maximum Gasteiger partial charge on any atom is 0.230 e. The minimum Gasteiger partial charge on any atom is -0.386 e. The standard InChI is InChI=1S/C19H23FN4O2/c1-18(2,14-4-3-5-15(20)10-14)17(25)23-12-19(26)6-9-24(13-19)16-11-21-7-8-22-16/h3-5,7-8,10-11,26H,6,9,12-13H2,1-2H3,(H,23,25). The van der Waals surface area contributed by atoms with Crippen LogP contribution in [0.5, 0.6) is 0 Å². The molecule has 0 spiro atoms. The third-order valence-electron chi connectivity index (χ3n) is 4.90. The lowest BCUT2D eigenvalue weighted by Gasteiger charge is -2.28. The third kappa shape index (κ3) is 3.83. The average Bonchev–Trinajstić information content (AvgIpc) is 3.03. The Labute approximate surface area is 152 Å². The molecule has 1 saturated heterocycles. The lowest BCUT2D eigenvalue weighted by atomic mass is 9.83. The molecular weight excluding hydrogens is 335 g/mol. The first kappa shape index (κ1) is 18.3. The van der Waals surface area contributed by atoms with Gasteiger partial charge in [0.25, 0.3) is 0 Å². The minimum absolute atomic E-state index is 0.126. The fraction of sp³-hybridized carbons (Fsp3) is 0.421. The second kappa shape index (κ2) is 6.99. The van der Waals surface area contributed by atoms with Crippen LogP contribution in [0.3, 0.4) is 0 Å². The lowest BCUT2D eigenvalue weighted by Crippen LogP contribution is -2.49. The van der Waals surface area contributed by atoms with Crippen LogP contribution in [0.25, 0.3) is 0 Å². The Morgan fingerprint density at radius 1 is 1.42 bits per heavy atom. The average molecular weight is 358 g/mol. The van der Waals surface area contributed by atoms with E-state index in [9.17, 15) is 14.3 Å². The highest BCUT2D eigenvalue weighted by atomic mass is 19.1. The first-order valence-electron chi connectivity index (χ1n) is 8.58. The van der Waals surface area contributed by atoms with E-state index >= 15 is 0 Å². The van der Waals surface area contributed by atoms with E-state index in [1.54, 1.807) is 44.6 Å². The van der Waals surface area contributed by atoms with Crippen molar-refractivity contribution in [1.29, 1.82) is 0 Å². The van der Waals surface area contributed by atoms with Gasteiger partial charge in [-0.05, 0) is 38.0 Å². The Morgan fingerprint density at radius 3 is 2.92 bits per heavy atom. The number of carbonyl (C=O) groups is 1. The van der Waals surface area contributed by atoms with Crippen molar-refractivity contribution in [2.75, 3.05) is 24.5 Å². The summed E-state index contributed by atoms with van der Waals surface area (Å²) in [5, 5.41) is 13.6. The number of nitrogens with zero attached hydrogens (tertiary/aromatic N) is 3. The second-order valence-corrected chi connectivity index (χ2v) is 7.28. The van der Waals surface area contributed by atoms with Gasteiger partial charge in [0.05, 0.1) is 11.6 Å². The molecule has 1 aromatic heterocycles. The molecule has 2 aromatic rings. The molecule has 2 N–H and O–H groups in total. The predicted octanol–water partition coefficient (Wildman–Crippen LogP) is 1.65. The van der Waals surface area contributed by atoms with Gasteiger partial charge in [0.2, 0.25) is 5.91 Å². The summed E-state index contributed by atoms with van der Waals surface area (Å²) in [4.78, 5) is 22.9. The molecule has 1 atom stereocenters. The van der Waals surface area contributed by atoms with Crippen molar-refractivity contribution in [1.82, 2.24) is 15.3 Å². The van der Waals surface area contributed by atoms with Gasteiger partial charge in [0, 0.05) is 32.0 Å². The number of benzene rings is 1. The summed E-state index contributed by atoms with van der Waals surface area (Å²) in [7, 11) is 0. The molecule has 0 radical (unpaired) electrons. The molecule has 0 saturated carbocycles. The highest BCUT2D eigenvalue weighted by Crippen LogP contribution is 2.27. The van der Waals surface area contributed by atoms with Gasteiger partial charge in [-0.1, -0.05) is 12.1 Å². The van der Waals surface area contributed by atoms with Gasteiger partial charge in [0.15, 0.2) is 0 Å². The first-order chi connectivity index (χ1) is 12.3. The van der Waals surface area contributed by atoms with Crippen molar-refractivity contribution in [3.63, 3.8) is 0 Å². The van der Waals surface area contributed by atoms with E-state index in [1.165, 1.54) is 12.1 Å². The molecule has 6 nitrogen and oxygen atoms in total. The number of nitrogens with one attached hydrogen (secondary N) is 1. The third-order valence-corrected chi connectivity index (χ3v) is 4.90. The highest BCUT2D eigenvalue weighted by molar-refractivity contribution is 5.87. The number of hydrogen-bond acceptors (Lipinski definition) is 5. The van der Waals surface area contributed by atoms with Crippen LogP contribution in [-0.2, 0) is 10.2 Å². The van der Waals surface area contributed by atoms with E-state index in [0.29, 0.717) is 30.9 Å². The van der Waals surface area contributed by atoms with E-state index in [4.69, 9.17) is 0 Å². The first-order valence-corrected chi connectivity index (χ1v) is 8.58. The zero-order valence-electron chi connectivity index (χ0n) is 14.9. The quantitative estimate of drug-likeness (QED) is 0.850. The van der Waals surface area contributed by atoms with Crippen LogP contribution in [0.4, 0.5) is 10.2 Å². The molecule has 26 heavy (non-hydrogen) atoms. The van der Waals surface area contributed by atoms with E-state index in [2.05, 4.69) is 15.3 Å². The Morgan fingerprint density at radius 2 is 2.23 bits per heavy atom. The number of hydrogen-bond donors (Lipinski definition) is 2. The molecule has 1 unspecified atom stereocenters. The Balaban J connectivity index is 1.62. The molecule has 1 aliphatic rings. The van der Waals surface area contributed by atoms with Crippen LogP contribution in [0.15, 0.2) is 42.9 Å². The number of amides is 1. The summed E-state index contributed by atoms with van der Waals surface area (Å²) >= 11 is 0. The fourth-order valence-electron chi connectivity index (χ4n) is 3.12. The Hall–Kier alpha value is -2.54. The maximum absolute atomic E-state index is 13.5. The molecule has 1 fully saturated rings. The summed E-state index contributed by atoms with van der Waals surface area (Å²) in [6.45, 7) is 4.61. The van der Waals surface area contributed by atoms with Crippen molar-refractivity contribution >= 4 is 11.7 Å². The normalized spacial score (nSPS) is 20.2. The van der Waals surface area contributed by atoms with Crippen LogP contribution in [0.2, 0.25) is 0 Å². The molecule has 1 aliphatic heterocycles. The largest absolute Gasteiger partial charge is 0.386 e. The SMILES string of the molecule is CC(C)(C(=O)NCC1(O)CCN(c2cnccn2)C1)c1cccc(F)c1.